The number of aryl methyl sites for hydroxylation is 1. The Hall–Kier alpha value is -1.43. The average Bonchev–Trinajstić information content (AvgIpc) is 2.54. The summed E-state index contributed by atoms with van der Waals surface area (Å²) in [6.45, 7) is 2.43. The fourth-order valence-electron chi connectivity index (χ4n) is 2.18. The van der Waals surface area contributed by atoms with Gasteiger partial charge in [-0.15, -0.1) is 0 Å². The lowest BCUT2D eigenvalue weighted by atomic mass is 9.97. The predicted molar refractivity (Wildman–Crippen MR) is 80.9 cm³/mol. The molecule has 0 saturated carbocycles. The lowest BCUT2D eigenvalue weighted by Gasteiger charge is -2.24. The summed E-state index contributed by atoms with van der Waals surface area (Å²) < 4.78 is 4.62. The molecule has 0 saturated heterocycles. The van der Waals surface area contributed by atoms with Gasteiger partial charge in [-0.2, -0.15) is 0 Å². The molecule has 0 aliphatic heterocycles. The van der Waals surface area contributed by atoms with E-state index in [0.29, 0.717) is 13.0 Å². The highest BCUT2D eigenvalue weighted by Crippen LogP contribution is 2.21. The lowest BCUT2D eigenvalue weighted by molar-refractivity contribution is -0.141. The van der Waals surface area contributed by atoms with Gasteiger partial charge in [0.1, 0.15) is 0 Å². The first-order valence-electron chi connectivity index (χ1n) is 7.30. The van der Waals surface area contributed by atoms with E-state index >= 15 is 0 Å². The van der Waals surface area contributed by atoms with Crippen LogP contribution in [0.2, 0.25) is 0 Å². The Morgan fingerprint density at radius 1 is 1.33 bits per heavy atom. The third-order valence-electron chi connectivity index (χ3n) is 3.52. The van der Waals surface area contributed by atoms with E-state index in [1.165, 1.54) is 12.7 Å². The molecular weight excluding hydrogens is 270 g/mol. The van der Waals surface area contributed by atoms with Gasteiger partial charge in [-0.1, -0.05) is 31.2 Å². The van der Waals surface area contributed by atoms with Crippen LogP contribution >= 0.6 is 0 Å². The van der Waals surface area contributed by atoms with Crippen LogP contribution in [0.4, 0.5) is 0 Å². The van der Waals surface area contributed by atoms with Crippen molar-refractivity contribution >= 4 is 5.97 Å². The lowest BCUT2D eigenvalue weighted by Crippen LogP contribution is -2.37. The maximum atomic E-state index is 11.3. The van der Waals surface area contributed by atoms with Gasteiger partial charge >= 0.3 is 5.97 Å². The van der Waals surface area contributed by atoms with Crippen molar-refractivity contribution in [1.82, 2.24) is 5.32 Å². The number of aliphatic hydroxyl groups is 2. The Bertz CT molecular complexity index is 419. The molecule has 0 fully saturated rings. The Labute approximate surface area is 125 Å². The van der Waals surface area contributed by atoms with Gasteiger partial charge in [0.25, 0.3) is 0 Å². The molecule has 2 unspecified atom stereocenters. The van der Waals surface area contributed by atoms with Gasteiger partial charge in [0.2, 0.25) is 0 Å². The first kappa shape index (κ1) is 17.6. The summed E-state index contributed by atoms with van der Waals surface area (Å²) in [6, 6.07) is 7.47. The van der Waals surface area contributed by atoms with Crippen molar-refractivity contribution in [2.75, 3.05) is 20.3 Å². The maximum Gasteiger partial charge on any atom is 0.305 e. The number of benzene rings is 1. The van der Waals surface area contributed by atoms with E-state index in [1.54, 1.807) is 0 Å². The molecule has 1 aromatic rings. The van der Waals surface area contributed by atoms with E-state index in [9.17, 15) is 9.90 Å². The number of nitrogens with one attached hydrogen (secondary N) is 1. The zero-order chi connectivity index (χ0) is 15.7. The number of methoxy groups -OCH3 is 1. The summed E-state index contributed by atoms with van der Waals surface area (Å²) in [4.78, 5) is 11.3. The number of carbonyl (C=O) groups is 1. The fourth-order valence-corrected chi connectivity index (χ4v) is 2.18. The molecule has 2 atom stereocenters. The number of esters is 1. The minimum absolute atomic E-state index is 0.0176. The zero-order valence-electron chi connectivity index (χ0n) is 12.7. The van der Waals surface area contributed by atoms with Gasteiger partial charge in [-0.25, -0.2) is 0 Å². The smallest absolute Gasteiger partial charge is 0.305 e. The molecule has 118 valence electrons. The quantitative estimate of drug-likeness (QED) is 0.596. The second-order valence-corrected chi connectivity index (χ2v) is 4.94. The van der Waals surface area contributed by atoms with Crippen molar-refractivity contribution in [2.24, 2.45) is 0 Å². The van der Waals surface area contributed by atoms with Gasteiger partial charge in [-0.05, 0) is 24.0 Å². The third-order valence-corrected chi connectivity index (χ3v) is 3.52. The molecule has 0 spiro atoms. The van der Waals surface area contributed by atoms with Crippen molar-refractivity contribution in [1.29, 1.82) is 0 Å². The first-order valence-corrected chi connectivity index (χ1v) is 7.30. The van der Waals surface area contributed by atoms with Crippen LogP contribution < -0.4 is 5.32 Å². The highest BCUT2D eigenvalue weighted by atomic mass is 16.5. The topological polar surface area (TPSA) is 78.8 Å². The van der Waals surface area contributed by atoms with Crippen LogP contribution in [0, 0.1) is 0 Å². The molecule has 1 aromatic carbocycles. The summed E-state index contributed by atoms with van der Waals surface area (Å²) in [6.07, 6.45) is 0.893. The molecule has 0 aliphatic carbocycles. The molecule has 0 aliphatic rings. The summed E-state index contributed by atoms with van der Waals surface area (Å²) in [5, 5.41) is 22.5. The number of ether oxygens (including phenoxy) is 1. The first-order chi connectivity index (χ1) is 10.1. The van der Waals surface area contributed by atoms with Gasteiger partial charge < -0.3 is 20.3 Å². The molecule has 5 nitrogen and oxygen atoms in total. The monoisotopic (exact) mass is 295 g/mol. The van der Waals surface area contributed by atoms with Crippen LogP contribution in [0.3, 0.4) is 0 Å². The van der Waals surface area contributed by atoms with Crippen LogP contribution in [0.15, 0.2) is 24.3 Å². The highest BCUT2D eigenvalue weighted by Gasteiger charge is 2.21. The van der Waals surface area contributed by atoms with E-state index in [1.807, 2.05) is 24.3 Å². The maximum absolute atomic E-state index is 11.3. The van der Waals surface area contributed by atoms with Crippen molar-refractivity contribution in [3.05, 3.63) is 35.4 Å². The highest BCUT2D eigenvalue weighted by molar-refractivity contribution is 5.69. The molecule has 5 heteroatoms. The Morgan fingerprint density at radius 3 is 2.52 bits per heavy atom. The van der Waals surface area contributed by atoms with Crippen molar-refractivity contribution < 1.29 is 19.7 Å². The normalized spacial score (nSPS) is 13.7. The Kier molecular flexibility index (Phi) is 7.97. The predicted octanol–water partition coefficient (Wildman–Crippen LogP) is 1.19. The number of hydrogen-bond donors (Lipinski definition) is 3. The minimum Gasteiger partial charge on any atom is -0.469 e. The van der Waals surface area contributed by atoms with Crippen LogP contribution in [-0.2, 0) is 16.0 Å². The SMILES string of the molecule is CCc1ccc(C(O)C(CCC(=O)OC)NCCO)cc1. The standard InChI is InChI=1S/C16H25NO4/c1-3-12-4-6-13(7-5-12)16(20)14(17-10-11-18)8-9-15(19)21-2/h4-7,14,16-18,20H,3,8-11H2,1-2H3. The van der Waals surface area contributed by atoms with Crippen molar-refractivity contribution in [3.63, 3.8) is 0 Å². The van der Waals surface area contributed by atoms with E-state index in [0.717, 1.165) is 12.0 Å². The number of aliphatic hydroxyl groups excluding tert-OH is 2. The summed E-state index contributed by atoms with van der Waals surface area (Å²) in [7, 11) is 1.35. The number of hydrogen-bond acceptors (Lipinski definition) is 5. The van der Waals surface area contributed by atoms with Crippen LogP contribution in [0.25, 0.3) is 0 Å². The molecule has 1 rings (SSSR count). The van der Waals surface area contributed by atoms with Gasteiger partial charge in [0.05, 0.1) is 19.8 Å². The Balaban J connectivity index is 2.71. The molecule has 21 heavy (non-hydrogen) atoms. The van der Waals surface area contributed by atoms with Crippen LogP contribution in [0.5, 0.6) is 0 Å². The van der Waals surface area contributed by atoms with E-state index in [2.05, 4.69) is 17.0 Å². The number of rotatable bonds is 9. The second-order valence-electron chi connectivity index (χ2n) is 4.94. The second kappa shape index (κ2) is 9.50. The van der Waals surface area contributed by atoms with Crippen LogP contribution in [-0.4, -0.2) is 42.5 Å². The average molecular weight is 295 g/mol. The zero-order valence-corrected chi connectivity index (χ0v) is 12.7. The van der Waals surface area contributed by atoms with Gasteiger partial charge in [0, 0.05) is 19.0 Å². The minimum atomic E-state index is -0.730. The molecule has 0 amide bonds. The largest absolute Gasteiger partial charge is 0.469 e. The number of carbonyl (C=O) groups excluding carboxylic acids is 1. The van der Waals surface area contributed by atoms with E-state index in [4.69, 9.17) is 5.11 Å². The fraction of sp³-hybridized carbons (Fsp3) is 0.562. The summed E-state index contributed by atoms with van der Waals surface area (Å²) >= 11 is 0. The molecule has 3 N–H and O–H groups in total. The van der Waals surface area contributed by atoms with Gasteiger partial charge in [0.15, 0.2) is 0 Å². The van der Waals surface area contributed by atoms with Gasteiger partial charge in [-0.3, -0.25) is 4.79 Å². The summed E-state index contributed by atoms with van der Waals surface area (Å²) in [5.41, 5.74) is 2.01. The van der Waals surface area contributed by atoms with Crippen molar-refractivity contribution in [3.8, 4) is 0 Å². The van der Waals surface area contributed by atoms with E-state index in [-0.39, 0.29) is 25.0 Å². The van der Waals surface area contributed by atoms with Crippen molar-refractivity contribution in [2.45, 2.75) is 38.3 Å². The third kappa shape index (κ3) is 5.83. The molecule has 0 heterocycles. The molecular formula is C16H25NO4. The Morgan fingerprint density at radius 2 is 2.00 bits per heavy atom. The molecule has 0 bridgehead atoms. The van der Waals surface area contributed by atoms with Crippen LogP contribution in [0.1, 0.15) is 37.0 Å². The van der Waals surface area contributed by atoms with E-state index < -0.39 is 6.10 Å². The summed E-state index contributed by atoms with van der Waals surface area (Å²) in [5.74, 6) is -0.306. The molecule has 0 aromatic heterocycles. The molecule has 0 radical (unpaired) electrons.